The predicted molar refractivity (Wildman–Crippen MR) is 64.3 cm³/mol. The number of hydrogen-bond acceptors (Lipinski definition) is 3. The van der Waals surface area contributed by atoms with Gasteiger partial charge < -0.3 is 15.3 Å². The van der Waals surface area contributed by atoms with Crippen molar-refractivity contribution < 1.29 is 14.7 Å². The van der Waals surface area contributed by atoms with Crippen LogP contribution < -0.4 is 5.32 Å². The van der Waals surface area contributed by atoms with Gasteiger partial charge in [0.2, 0.25) is 0 Å². The lowest BCUT2D eigenvalue weighted by Gasteiger charge is -2.21. The first kappa shape index (κ1) is 12.4. The van der Waals surface area contributed by atoms with Gasteiger partial charge in [-0.15, -0.1) is 0 Å². The second kappa shape index (κ2) is 4.67. The number of amides is 2. The molecule has 2 heterocycles. The number of carbonyl (C=O) groups is 2. The van der Waals surface area contributed by atoms with Crippen molar-refractivity contribution in [3.05, 3.63) is 11.9 Å². The van der Waals surface area contributed by atoms with E-state index < -0.39 is 12.0 Å². The molecule has 0 spiro atoms. The van der Waals surface area contributed by atoms with E-state index in [9.17, 15) is 9.59 Å². The van der Waals surface area contributed by atoms with Gasteiger partial charge in [0.25, 0.3) is 0 Å². The van der Waals surface area contributed by atoms with Gasteiger partial charge in [-0.3, -0.25) is 4.68 Å². The van der Waals surface area contributed by atoms with Crippen molar-refractivity contribution in [1.29, 1.82) is 0 Å². The van der Waals surface area contributed by atoms with Crippen LogP contribution in [-0.4, -0.2) is 44.4 Å². The number of hydrogen-bond donors (Lipinski definition) is 2. The lowest BCUT2D eigenvalue weighted by Crippen LogP contribution is -2.42. The molecule has 18 heavy (non-hydrogen) atoms. The maximum Gasteiger partial charge on any atom is 0.326 e. The van der Waals surface area contributed by atoms with Crippen molar-refractivity contribution in [2.45, 2.75) is 25.8 Å². The molecule has 0 saturated carbocycles. The van der Waals surface area contributed by atoms with Crippen molar-refractivity contribution in [3.63, 3.8) is 0 Å². The molecule has 0 unspecified atom stereocenters. The van der Waals surface area contributed by atoms with Crippen LogP contribution >= 0.6 is 0 Å². The van der Waals surface area contributed by atoms with E-state index in [4.69, 9.17) is 5.11 Å². The Bertz CT molecular complexity index is 483. The number of carbonyl (C=O) groups excluding carboxylic acids is 1. The molecule has 1 aromatic heterocycles. The molecule has 0 aromatic carbocycles. The second-order valence-electron chi connectivity index (χ2n) is 4.42. The first-order chi connectivity index (χ1) is 8.49. The smallest absolute Gasteiger partial charge is 0.326 e. The summed E-state index contributed by atoms with van der Waals surface area (Å²) in [5, 5.41) is 15.8. The number of likely N-dealkylation sites (tertiary alicyclic amines) is 1. The van der Waals surface area contributed by atoms with E-state index in [0.29, 0.717) is 24.3 Å². The number of aryl methyl sites for hydroxylation is 2. The molecule has 1 aliphatic heterocycles. The number of urea groups is 1. The number of nitrogens with one attached hydrogen (secondary N) is 1. The standard InChI is InChI=1S/C11H16N4O3/c1-7-8(6-14(2)13-7)12-11(18)15-5-3-4-9(15)10(16)17/h6,9H,3-5H2,1-2H3,(H,12,18)(H,16,17)/t9-/m1/s1. The van der Waals surface area contributed by atoms with Crippen LogP contribution in [0.3, 0.4) is 0 Å². The molecule has 0 aliphatic carbocycles. The highest BCUT2D eigenvalue weighted by Crippen LogP contribution is 2.20. The van der Waals surface area contributed by atoms with Gasteiger partial charge in [-0.25, -0.2) is 9.59 Å². The molecule has 1 atom stereocenters. The van der Waals surface area contributed by atoms with Crippen molar-refractivity contribution in [2.24, 2.45) is 7.05 Å². The third-order valence-electron chi connectivity index (χ3n) is 3.05. The number of aromatic nitrogens is 2. The van der Waals surface area contributed by atoms with Gasteiger partial charge in [-0.05, 0) is 19.8 Å². The van der Waals surface area contributed by atoms with Crippen molar-refractivity contribution in [1.82, 2.24) is 14.7 Å². The fourth-order valence-electron chi connectivity index (χ4n) is 2.18. The number of rotatable bonds is 2. The van der Waals surface area contributed by atoms with Crippen molar-refractivity contribution in [3.8, 4) is 0 Å². The fourth-order valence-corrected chi connectivity index (χ4v) is 2.18. The Balaban J connectivity index is 2.08. The number of aliphatic carboxylic acids is 1. The topological polar surface area (TPSA) is 87.5 Å². The minimum absolute atomic E-state index is 0.379. The number of carboxylic acids is 1. The Morgan fingerprint density at radius 2 is 2.28 bits per heavy atom. The third-order valence-corrected chi connectivity index (χ3v) is 3.05. The van der Waals surface area contributed by atoms with Gasteiger partial charge in [0.1, 0.15) is 6.04 Å². The number of nitrogens with zero attached hydrogens (tertiary/aromatic N) is 3. The number of carboxylic acid groups (broad SMARTS) is 1. The van der Waals surface area contributed by atoms with E-state index in [1.54, 1.807) is 24.9 Å². The first-order valence-corrected chi connectivity index (χ1v) is 5.79. The SMILES string of the molecule is Cc1nn(C)cc1NC(=O)N1CCC[C@@H]1C(=O)O. The molecule has 2 N–H and O–H groups in total. The van der Waals surface area contributed by atoms with Gasteiger partial charge in [0.15, 0.2) is 0 Å². The molecule has 1 aliphatic rings. The van der Waals surface area contributed by atoms with E-state index in [-0.39, 0.29) is 6.03 Å². The van der Waals surface area contributed by atoms with Crippen LogP contribution in [0.4, 0.5) is 10.5 Å². The lowest BCUT2D eigenvalue weighted by atomic mass is 10.2. The highest BCUT2D eigenvalue weighted by Gasteiger charge is 2.34. The largest absolute Gasteiger partial charge is 0.480 e. The molecule has 7 heteroatoms. The molecule has 1 aromatic rings. The fraction of sp³-hybridized carbons (Fsp3) is 0.545. The van der Waals surface area contributed by atoms with Crippen LogP contribution in [0.2, 0.25) is 0 Å². The summed E-state index contributed by atoms with van der Waals surface area (Å²) in [6.07, 6.45) is 2.92. The number of anilines is 1. The second-order valence-corrected chi connectivity index (χ2v) is 4.42. The van der Waals surface area contributed by atoms with Crippen molar-refractivity contribution in [2.75, 3.05) is 11.9 Å². The molecular weight excluding hydrogens is 236 g/mol. The first-order valence-electron chi connectivity index (χ1n) is 5.79. The lowest BCUT2D eigenvalue weighted by molar-refractivity contribution is -0.141. The quantitative estimate of drug-likeness (QED) is 0.815. The van der Waals surface area contributed by atoms with E-state index >= 15 is 0 Å². The molecule has 2 rings (SSSR count). The minimum Gasteiger partial charge on any atom is -0.480 e. The normalized spacial score (nSPS) is 19.0. The maximum atomic E-state index is 12.0. The molecule has 98 valence electrons. The molecule has 2 amide bonds. The van der Waals surface area contributed by atoms with E-state index in [1.165, 1.54) is 4.90 Å². The summed E-state index contributed by atoms with van der Waals surface area (Å²) in [6.45, 7) is 2.26. The Labute approximate surface area is 104 Å². The Kier molecular flexibility index (Phi) is 3.22. The van der Waals surface area contributed by atoms with Crippen LogP contribution in [-0.2, 0) is 11.8 Å². The van der Waals surface area contributed by atoms with Gasteiger partial charge in [0, 0.05) is 19.8 Å². The molecule has 1 saturated heterocycles. The predicted octanol–water partition coefficient (Wildman–Crippen LogP) is 0.809. The summed E-state index contributed by atoms with van der Waals surface area (Å²) in [7, 11) is 1.76. The third kappa shape index (κ3) is 2.29. The van der Waals surface area contributed by atoms with Crippen LogP contribution in [0.5, 0.6) is 0 Å². The summed E-state index contributed by atoms with van der Waals surface area (Å²) in [6, 6.07) is -1.10. The highest BCUT2D eigenvalue weighted by molar-refractivity contribution is 5.93. The molecule has 1 fully saturated rings. The minimum atomic E-state index is -0.953. The van der Waals surface area contributed by atoms with Crippen LogP contribution in [0, 0.1) is 6.92 Å². The summed E-state index contributed by atoms with van der Waals surface area (Å²) >= 11 is 0. The summed E-state index contributed by atoms with van der Waals surface area (Å²) < 4.78 is 1.60. The van der Waals surface area contributed by atoms with Crippen LogP contribution in [0.1, 0.15) is 18.5 Å². The van der Waals surface area contributed by atoms with Gasteiger partial charge in [-0.1, -0.05) is 0 Å². The Morgan fingerprint density at radius 3 is 2.83 bits per heavy atom. The monoisotopic (exact) mass is 252 g/mol. The highest BCUT2D eigenvalue weighted by atomic mass is 16.4. The average molecular weight is 252 g/mol. The van der Waals surface area contributed by atoms with Crippen LogP contribution in [0.15, 0.2) is 6.20 Å². The average Bonchev–Trinajstić information content (AvgIpc) is 2.86. The van der Waals surface area contributed by atoms with E-state index in [0.717, 1.165) is 6.42 Å². The summed E-state index contributed by atoms with van der Waals surface area (Å²) in [4.78, 5) is 24.4. The van der Waals surface area contributed by atoms with Crippen molar-refractivity contribution >= 4 is 17.7 Å². The molecule has 7 nitrogen and oxygen atoms in total. The van der Waals surface area contributed by atoms with Gasteiger partial charge >= 0.3 is 12.0 Å². The zero-order chi connectivity index (χ0) is 13.3. The van der Waals surface area contributed by atoms with Gasteiger partial charge in [-0.2, -0.15) is 5.10 Å². The Morgan fingerprint density at radius 1 is 1.56 bits per heavy atom. The van der Waals surface area contributed by atoms with E-state index in [1.807, 2.05) is 0 Å². The zero-order valence-electron chi connectivity index (χ0n) is 10.4. The Hall–Kier alpha value is -2.05. The summed E-state index contributed by atoms with van der Waals surface area (Å²) in [5.41, 5.74) is 1.32. The molecule has 0 bridgehead atoms. The zero-order valence-corrected chi connectivity index (χ0v) is 10.4. The molecular formula is C11H16N4O3. The maximum absolute atomic E-state index is 12.0. The van der Waals surface area contributed by atoms with Crippen LogP contribution in [0.25, 0.3) is 0 Å². The summed E-state index contributed by atoms with van der Waals surface area (Å²) in [5.74, 6) is -0.953. The van der Waals surface area contributed by atoms with Gasteiger partial charge in [0.05, 0.1) is 11.4 Å². The molecule has 0 radical (unpaired) electrons. The van der Waals surface area contributed by atoms with E-state index in [2.05, 4.69) is 10.4 Å².